The van der Waals surface area contributed by atoms with E-state index >= 15 is 0 Å². The number of halogens is 1. The number of aliphatic hydroxyl groups excluding tert-OH is 1. The van der Waals surface area contributed by atoms with E-state index in [1.54, 1.807) is 26.1 Å². The third kappa shape index (κ3) is 3.45. The molecule has 7 nitrogen and oxygen atoms in total. The van der Waals surface area contributed by atoms with E-state index in [1.165, 1.54) is 0 Å². The molecule has 1 saturated heterocycles. The molecule has 1 aliphatic heterocycles. The Bertz CT molecular complexity index is 1160. The van der Waals surface area contributed by atoms with Gasteiger partial charge in [0.15, 0.2) is 0 Å². The Balaban J connectivity index is 1.62. The maximum absolute atomic E-state index is 13.3. The van der Waals surface area contributed by atoms with E-state index in [-0.39, 0.29) is 22.8 Å². The average molecular weight is 413 g/mol. The van der Waals surface area contributed by atoms with Gasteiger partial charge in [-0.25, -0.2) is 4.98 Å². The standard InChI is InChI=1S/C21H21ClN4O3/c22-15-3-1-2-14(8-15)18-12-25-11-17(20(28)24-7-6-16(27)10-24)23-19(25)21(29)26(18)9-13-4-5-13/h1-3,8,11-13,16,27H,4-7,9-10H2/t16-/m1/s1. The van der Waals surface area contributed by atoms with Crippen molar-refractivity contribution >= 4 is 23.2 Å². The SMILES string of the molecule is O=C(c1cn2cc(-c3cccc(Cl)c3)n(CC3CC3)c(=O)c2n1)N1CC[C@@H](O)C1. The first-order chi connectivity index (χ1) is 14.0. The minimum absolute atomic E-state index is 0.213. The summed E-state index contributed by atoms with van der Waals surface area (Å²) >= 11 is 6.18. The van der Waals surface area contributed by atoms with Gasteiger partial charge in [0, 0.05) is 42.6 Å². The van der Waals surface area contributed by atoms with E-state index in [0.29, 0.717) is 37.0 Å². The summed E-state index contributed by atoms with van der Waals surface area (Å²) in [7, 11) is 0. The number of hydrogen-bond donors (Lipinski definition) is 1. The van der Waals surface area contributed by atoms with E-state index in [2.05, 4.69) is 4.98 Å². The third-order valence-corrected chi connectivity index (χ3v) is 5.88. The lowest BCUT2D eigenvalue weighted by Gasteiger charge is -2.13. The molecule has 0 radical (unpaired) electrons. The van der Waals surface area contributed by atoms with Crippen molar-refractivity contribution in [2.75, 3.05) is 13.1 Å². The molecule has 1 N–H and O–H groups in total. The number of rotatable bonds is 4. The predicted octanol–water partition coefficient (Wildman–Crippen LogP) is 2.43. The zero-order valence-corrected chi connectivity index (χ0v) is 16.5. The van der Waals surface area contributed by atoms with Crippen LogP contribution in [0.2, 0.25) is 5.02 Å². The Morgan fingerprint density at radius 3 is 2.76 bits per heavy atom. The predicted molar refractivity (Wildman–Crippen MR) is 109 cm³/mol. The van der Waals surface area contributed by atoms with Gasteiger partial charge in [0.2, 0.25) is 5.65 Å². The van der Waals surface area contributed by atoms with Crippen LogP contribution in [0, 0.1) is 5.92 Å². The van der Waals surface area contributed by atoms with E-state index in [0.717, 1.165) is 24.1 Å². The molecule has 0 unspecified atom stereocenters. The van der Waals surface area contributed by atoms with Crippen molar-refractivity contribution in [1.29, 1.82) is 0 Å². The number of imidazole rings is 1. The van der Waals surface area contributed by atoms with Crippen molar-refractivity contribution < 1.29 is 9.90 Å². The number of aromatic nitrogens is 3. The Morgan fingerprint density at radius 2 is 2.07 bits per heavy atom. The second-order valence-electron chi connectivity index (χ2n) is 7.93. The van der Waals surface area contributed by atoms with Crippen molar-refractivity contribution in [2.24, 2.45) is 5.92 Å². The van der Waals surface area contributed by atoms with Crippen LogP contribution in [0.5, 0.6) is 0 Å². The minimum atomic E-state index is -0.499. The summed E-state index contributed by atoms with van der Waals surface area (Å²) in [6.07, 6.45) is 5.73. The van der Waals surface area contributed by atoms with Gasteiger partial charge in [-0.15, -0.1) is 0 Å². The number of β-amino-alcohol motifs (C(OH)–C–C–N with tert-alkyl or cyclic N) is 1. The van der Waals surface area contributed by atoms with Crippen LogP contribution in [-0.2, 0) is 6.54 Å². The number of fused-ring (bicyclic) bond motifs is 1. The van der Waals surface area contributed by atoms with E-state index in [4.69, 9.17) is 11.6 Å². The van der Waals surface area contributed by atoms with Gasteiger partial charge in [-0.3, -0.25) is 14.0 Å². The summed E-state index contributed by atoms with van der Waals surface area (Å²) in [5.41, 5.74) is 1.85. The van der Waals surface area contributed by atoms with Gasteiger partial charge < -0.3 is 14.6 Å². The van der Waals surface area contributed by atoms with Crippen molar-refractivity contribution in [1.82, 2.24) is 18.9 Å². The Labute approximate surface area is 172 Å². The Kier molecular flexibility index (Phi) is 4.44. The smallest absolute Gasteiger partial charge is 0.294 e. The number of carbonyl (C=O) groups is 1. The van der Waals surface area contributed by atoms with Crippen molar-refractivity contribution in [3.05, 3.63) is 57.7 Å². The van der Waals surface area contributed by atoms with Crippen LogP contribution in [-0.4, -0.2) is 49.1 Å². The first-order valence-electron chi connectivity index (χ1n) is 9.85. The summed E-state index contributed by atoms with van der Waals surface area (Å²) in [5, 5.41) is 10.3. The molecular weight excluding hydrogens is 392 g/mol. The molecule has 2 aromatic heterocycles. The van der Waals surface area contributed by atoms with E-state index in [1.807, 2.05) is 24.4 Å². The van der Waals surface area contributed by atoms with Gasteiger partial charge in [0.25, 0.3) is 11.5 Å². The van der Waals surface area contributed by atoms with Gasteiger partial charge in [-0.2, -0.15) is 0 Å². The zero-order valence-electron chi connectivity index (χ0n) is 15.8. The highest BCUT2D eigenvalue weighted by Crippen LogP contribution is 2.32. The number of hydrogen-bond acceptors (Lipinski definition) is 4. The van der Waals surface area contributed by atoms with Crippen molar-refractivity contribution in [2.45, 2.75) is 31.9 Å². The lowest BCUT2D eigenvalue weighted by molar-refractivity contribution is 0.0760. The molecular formula is C21H21ClN4O3. The molecule has 150 valence electrons. The molecule has 1 aliphatic carbocycles. The molecule has 3 aromatic rings. The molecule has 5 rings (SSSR count). The van der Waals surface area contributed by atoms with Crippen molar-refractivity contribution in [3.63, 3.8) is 0 Å². The van der Waals surface area contributed by atoms with Crippen LogP contribution in [0.1, 0.15) is 29.8 Å². The van der Waals surface area contributed by atoms with Crippen LogP contribution >= 0.6 is 11.6 Å². The monoisotopic (exact) mass is 412 g/mol. The zero-order chi connectivity index (χ0) is 20.1. The summed E-state index contributed by atoms with van der Waals surface area (Å²) in [4.78, 5) is 31.9. The number of aliphatic hydroxyl groups is 1. The Morgan fingerprint density at radius 1 is 1.24 bits per heavy atom. The number of likely N-dealkylation sites (tertiary alicyclic amines) is 1. The summed E-state index contributed by atoms with van der Waals surface area (Å²) < 4.78 is 3.38. The fraction of sp³-hybridized carbons (Fsp3) is 0.381. The molecule has 0 bridgehead atoms. The lowest BCUT2D eigenvalue weighted by atomic mass is 10.1. The molecule has 1 amide bonds. The van der Waals surface area contributed by atoms with Gasteiger partial charge in [-0.05, 0) is 37.3 Å². The van der Waals surface area contributed by atoms with Gasteiger partial charge in [0.05, 0.1) is 11.8 Å². The molecule has 8 heteroatoms. The van der Waals surface area contributed by atoms with Crippen LogP contribution < -0.4 is 5.56 Å². The number of amides is 1. The normalized spacial score (nSPS) is 19.2. The van der Waals surface area contributed by atoms with Crippen LogP contribution in [0.3, 0.4) is 0 Å². The lowest BCUT2D eigenvalue weighted by Crippen LogP contribution is -2.29. The van der Waals surface area contributed by atoms with Gasteiger partial charge in [0.1, 0.15) is 5.69 Å². The highest BCUT2D eigenvalue weighted by molar-refractivity contribution is 6.30. The number of carbonyl (C=O) groups excluding carboxylic acids is 1. The third-order valence-electron chi connectivity index (χ3n) is 5.65. The molecule has 1 atom stereocenters. The fourth-order valence-corrected chi connectivity index (χ4v) is 4.08. The maximum Gasteiger partial charge on any atom is 0.294 e. The molecule has 29 heavy (non-hydrogen) atoms. The molecule has 0 spiro atoms. The van der Waals surface area contributed by atoms with Crippen molar-refractivity contribution in [3.8, 4) is 11.3 Å². The second-order valence-corrected chi connectivity index (χ2v) is 8.37. The maximum atomic E-state index is 13.3. The number of benzene rings is 1. The van der Waals surface area contributed by atoms with Crippen LogP contribution in [0.4, 0.5) is 0 Å². The Hall–Kier alpha value is -2.64. The second kappa shape index (κ2) is 7.00. The summed E-state index contributed by atoms with van der Waals surface area (Å²) in [5.74, 6) is 0.234. The highest BCUT2D eigenvalue weighted by atomic mass is 35.5. The molecule has 2 aliphatic rings. The molecule has 2 fully saturated rings. The first kappa shape index (κ1) is 18.4. The molecule has 1 saturated carbocycles. The van der Waals surface area contributed by atoms with Crippen LogP contribution in [0.25, 0.3) is 16.9 Å². The fourth-order valence-electron chi connectivity index (χ4n) is 3.89. The quantitative estimate of drug-likeness (QED) is 0.713. The molecule has 1 aromatic carbocycles. The summed E-state index contributed by atoms with van der Waals surface area (Å²) in [6, 6.07) is 7.41. The van der Waals surface area contributed by atoms with E-state index in [9.17, 15) is 14.7 Å². The minimum Gasteiger partial charge on any atom is -0.391 e. The first-order valence-corrected chi connectivity index (χ1v) is 10.2. The topological polar surface area (TPSA) is 79.8 Å². The highest BCUT2D eigenvalue weighted by Gasteiger charge is 2.28. The van der Waals surface area contributed by atoms with E-state index < -0.39 is 6.10 Å². The largest absolute Gasteiger partial charge is 0.391 e. The molecule has 3 heterocycles. The summed E-state index contributed by atoms with van der Waals surface area (Å²) in [6.45, 7) is 1.42. The van der Waals surface area contributed by atoms with Crippen LogP contribution in [0.15, 0.2) is 41.5 Å². The van der Waals surface area contributed by atoms with Gasteiger partial charge in [-0.1, -0.05) is 23.7 Å². The average Bonchev–Trinajstić information content (AvgIpc) is 3.24. The number of nitrogens with zero attached hydrogens (tertiary/aromatic N) is 4. The van der Waals surface area contributed by atoms with Gasteiger partial charge >= 0.3 is 0 Å².